The number of nitrogens with two attached hydrogens (primary N) is 1. The zero-order chi connectivity index (χ0) is 19.9. The summed E-state index contributed by atoms with van der Waals surface area (Å²) in [7, 11) is -3.70. The van der Waals surface area contributed by atoms with Crippen molar-refractivity contribution in [2.24, 2.45) is 5.14 Å². The molecule has 2 aromatic rings. The molecule has 0 aliphatic rings. The number of amides is 2. The third-order valence-corrected chi connectivity index (χ3v) is 5.19. The Kier molecular flexibility index (Phi) is 7.52. The fraction of sp³-hybridized carbons (Fsp3) is 0.222. The molecule has 0 fully saturated rings. The van der Waals surface area contributed by atoms with E-state index in [9.17, 15) is 18.0 Å². The molecule has 0 atom stereocenters. The predicted octanol–water partition coefficient (Wildman–Crippen LogP) is 1.58. The van der Waals surface area contributed by atoms with Crippen LogP contribution in [0.3, 0.4) is 0 Å². The van der Waals surface area contributed by atoms with Gasteiger partial charge in [-0.15, -0.1) is 0 Å². The van der Waals surface area contributed by atoms with Crippen molar-refractivity contribution in [1.29, 1.82) is 0 Å². The zero-order valence-electron chi connectivity index (χ0n) is 14.4. The molecule has 0 saturated carbocycles. The standard InChI is InChI=1S/C18H20BrN3O4S/c19-15-5-3-14(4-6-15)18(24)22-12-10-17(23)21-11-9-13-1-7-16(8-2-13)27(20,25)26/h1-8H,9-12H2,(H,21,23)(H,22,24)(H2,20,25,26). The maximum absolute atomic E-state index is 11.9. The predicted molar refractivity (Wildman–Crippen MR) is 106 cm³/mol. The van der Waals surface area contributed by atoms with Crippen molar-refractivity contribution in [3.63, 3.8) is 0 Å². The number of benzene rings is 2. The van der Waals surface area contributed by atoms with E-state index in [1.165, 1.54) is 12.1 Å². The van der Waals surface area contributed by atoms with Crippen LogP contribution >= 0.6 is 15.9 Å². The highest BCUT2D eigenvalue weighted by molar-refractivity contribution is 9.10. The van der Waals surface area contributed by atoms with E-state index in [2.05, 4.69) is 26.6 Å². The molecular formula is C18H20BrN3O4S. The summed E-state index contributed by atoms with van der Waals surface area (Å²) in [6.07, 6.45) is 0.731. The summed E-state index contributed by atoms with van der Waals surface area (Å²) in [6.45, 7) is 0.651. The minimum absolute atomic E-state index is 0.0526. The molecule has 0 aromatic heterocycles. The zero-order valence-corrected chi connectivity index (χ0v) is 16.8. The molecule has 0 radical (unpaired) electrons. The smallest absolute Gasteiger partial charge is 0.251 e. The van der Waals surface area contributed by atoms with Crippen LogP contribution in [0.2, 0.25) is 0 Å². The third-order valence-electron chi connectivity index (χ3n) is 3.73. The van der Waals surface area contributed by atoms with Gasteiger partial charge >= 0.3 is 0 Å². The van der Waals surface area contributed by atoms with Crippen LogP contribution in [0, 0.1) is 0 Å². The third kappa shape index (κ3) is 7.12. The Hall–Kier alpha value is -2.23. The number of sulfonamides is 1. The van der Waals surface area contributed by atoms with Gasteiger partial charge in [0.25, 0.3) is 5.91 Å². The molecule has 2 rings (SSSR count). The fourth-order valence-corrected chi connectivity index (χ4v) is 3.05. The molecule has 0 aliphatic carbocycles. The summed E-state index contributed by atoms with van der Waals surface area (Å²) >= 11 is 3.30. The SMILES string of the molecule is NS(=O)(=O)c1ccc(CCNC(=O)CCNC(=O)c2ccc(Br)cc2)cc1. The van der Waals surface area contributed by atoms with E-state index in [0.717, 1.165) is 10.0 Å². The van der Waals surface area contributed by atoms with Gasteiger partial charge in [0.15, 0.2) is 0 Å². The van der Waals surface area contributed by atoms with Gasteiger partial charge in [-0.3, -0.25) is 9.59 Å². The van der Waals surface area contributed by atoms with Crippen molar-refractivity contribution in [2.45, 2.75) is 17.7 Å². The van der Waals surface area contributed by atoms with Gasteiger partial charge in [0.05, 0.1) is 4.90 Å². The van der Waals surface area contributed by atoms with Crippen LogP contribution in [-0.2, 0) is 21.2 Å². The molecule has 27 heavy (non-hydrogen) atoms. The lowest BCUT2D eigenvalue weighted by atomic mass is 10.1. The van der Waals surface area contributed by atoms with Gasteiger partial charge in [-0.25, -0.2) is 13.6 Å². The normalized spacial score (nSPS) is 11.0. The Bertz CT molecular complexity index is 897. The number of halogens is 1. The van der Waals surface area contributed by atoms with Crippen LogP contribution in [0.15, 0.2) is 57.9 Å². The van der Waals surface area contributed by atoms with Crippen LogP contribution < -0.4 is 15.8 Å². The highest BCUT2D eigenvalue weighted by atomic mass is 79.9. The van der Waals surface area contributed by atoms with E-state index < -0.39 is 10.0 Å². The van der Waals surface area contributed by atoms with Gasteiger partial charge in [0.2, 0.25) is 15.9 Å². The van der Waals surface area contributed by atoms with Crippen LogP contribution in [-0.4, -0.2) is 33.3 Å². The van der Waals surface area contributed by atoms with Gasteiger partial charge in [-0.05, 0) is 48.4 Å². The summed E-state index contributed by atoms with van der Waals surface area (Å²) in [5, 5.41) is 10.5. The highest BCUT2D eigenvalue weighted by Gasteiger charge is 2.08. The first-order valence-corrected chi connectivity index (χ1v) is 10.5. The van der Waals surface area contributed by atoms with Gasteiger partial charge in [0.1, 0.15) is 0 Å². The van der Waals surface area contributed by atoms with Crippen molar-refractivity contribution in [2.75, 3.05) is 13.1 Å². The van der Waals surface area contributed by atoms with E-state index in [0.29, 0.717) is 18.5 Å². The van der Waals surface area contributed by atoms with Crippen LogP contribution in [0.1, 0.15) is 22.3 Å². The summed E-state index contributed by atoms with van der Waals surface area (Å²) in [5.74, 6) is -0.405. The van der Waals surface area contributed by atoms with Crippen LogP contribution in [0.25, 0.3) is 0 Å². The average Bonchev–Trinajstić information content (AvgIpc) is 2.62. The molecule has 0 bridgehead atoms. The van der Waals surface area contributed by atoms with Crippen molar-refractivity contribution in [3.05, 3.63) is 64.1 Å². The summed E-state index contributed by atoms with van der Waals surface area (Å²) < 4.78 is 23.3. The second-order valence-electron chi connectivity index (χ2n) is 5.80. The molecule has 0 spiro atoms. The maximum Gasteiger partial charge on any atom is 0.251 e. The average molecular weight is 454 g/mol. The maximum atomic E-state index is 11.9. The van der Waals surface area contributed by atoms with Gasteiger partial charge in [0, 0.05) is 29.5 Å². The largest absolute Gasteiger partial charge is 0.356 e. The molecule has 0 saturated heterocycles. The molecule has 144 valence electrons. The van der Waals surface area contributed by atoms with E-state index >= 15 is 0 Å². The highest BCUT2D eigenvalue weighted by Crippen LogP contribution is 2.10. The summed E-state index contributed by atoms with van der Waals surface area (Å²) in [5.41, 5.74) is 1.41. The Morgan fingerprint density at radius 3 is 2.15 bits per heavy atom. The van der Waals surface area contributed by atoms with Crippen molar-refractivity contribution >= 4 is 37.8 Å². The topological polar surface area (TPSA) is 118 Å². The molecule has 2 aromatic carbocycles. The van der Waals surface area contributed by atoms with Crippen molar-refractivity contribution in [3.8, 4) is 0 Å². The monoisotopic (exact) mass is 453 g/mol. The number of nitrogens with one attached hydrogen (secondary N) is 2. The number of carbonyl (C=O) groups is 2. The lowest BCUT2D eigenvalue weighted by molar-refractivity contribution is -0.120. The fourth-order valence-electron chi connectivity index (χ4n) is 2.27. The van der Waals surface area contributed by atoms with Gasteiger partial charge < -0.3 is 10.6 Å². The van der Waals surface area contributed by atoms with Crippen molar-refractivity contribution in [1.82, 2.24) is 10.6 Å². The number of primary sulfonamides is 1. The molecule has 7 nitrogen and oxygen atoms in total. The van der Waals surface area contributed by atoms with Gasteiger partial charge in [-0.2, -0.15) is 0 Å². The molecule has 0 heterocycles. The number of carbonyl (C=O) groups excluding carboxylic acids is 2. The van der Waals surface area contributed by atoms with E-state index in [-0.39, 0.29) is 29.7 Å². The first-order chi connectivity index (χ1) is 12.8. The first-order valence-electron chi connectivity index (χ1n) is 8.18. The van der Waals surface area contributed by atoms with E-state index in [1.54, 1.807) is 36.4 Å². The van der Waals surface area contributed by atoms with Crippen LogP contribution in [0.5, 0.6) is 0 Å². The van der Waals surface area contributed by atoms with Crippen molar-refractivity contribution < 1.29 is 18.0 Å². The van der Waals surface area contributed by atoms with E-state index in [1.807, 2.05) is 0 Å². The summed E-state index contributed by atoms with van der Waals surface area (Å²) in [4.78, 5) is 23.8. The number of hydrogen-bond acceptors (Lipinski definition) is 4. The Balaban J connectivity index is 1.67. The molecule has 9 heteroatoms. The molecule has 0 unspecified atom stereocenters. The molecular weight excluding hydrogens is 434 g/mol. The lowest BCUT2D eigenvalue weighted by Gasteiger charge is -2.07. The molecule has 2 amide bonds. The molecule has 0 aliphatic heterocycles. The summed E-state index contributed by atoms with van der Waals surface area (Å²) in [6, 6.07) is 13.1. The quantitative estimate of drug-likeness (QED) is 0.561. The number of hydrogen-bond donors (Lipinski definition) is 3. The Morgan fingerprint density at radius 1 is 0.926 bits per heavy atom. The Morgan fingerprint density at radius 2 is 1.56 bits per heavy atom. The second kappa shape index (κ2) is 9.63. The number of rotatable bonds is 8. The second-order valence-corrected chi connectivity index (χ2v) is 8.28. The van der Waals surface area contributed by atoms with E-state index in [4.69, 9.17) is 5.14 Å². The molecule has 4 N–H and O–H groups in total. The van der Waals surface area contributed by atoms with Gasteiger partial charge in [-0.1, -0.05) is 28.1 Å². The first kappa shape index (κ1) is 21.1. The minimum atomic E-state index is -3.70. The Labute approximate surface area is 166 Å². The lowest BCUT2D eigenvalue weighted by Crippen LogP contribution is -2.31. The minimum Gasteiger partial charge on any atom is -0.356 e. The van der Waals surface area contributed by atoms with Crippen LogP contribution in [0.4, 0.5) is 0 Å².